The Morgan fingerprint density at radius 3 is 2.55 bits per heavy atom. The molecule has 1 N–H and O–H groups in total. The van der Waals surface area contributed by atoms with E-state index in [9.17, 15) is 4.79 Å². The molecule has 1 fully saturated rings. The van der Waals surface area contributed by atoms with E-state index < -0.39 is 0 Å². The van der Waals surface area contributed by atoms with E-state index in [1.165, 1.54) is 12.8 Å². The van der Waals surface area contributed by atoms with E-state index in [-0.39, 0.29) is 11.8 Å². The van der Waals surface area contributed by atoms with Crippen LogP contribution in [0.2, 0.25) is 0 Å². The summed E-state index contributed by atoms with van der Waals surface area (Å²) in [5.74, 6) is 3.21. The lowest BCUT2D eigenvalue weighted by Crippen LogP contribution is -2.25. The molecule has 0 saturated carbocycles. The standard InChI is InChI=1S/C24H28N6O3/c1-4-33-18-8-7-16(13-19(18)32-3)17-14-22(31)25-24-23(17)15(2)28-30(24)21-10-9-20(26-27-21)29-11-5-6-12-29/h7-10,13,17H,4-6,11-12,14H2,1-3H3,(H,25,31)/t17-/m0/s1. The predicted molar refractivity (Wildman–Crippen MR) is 125 cm³/mol. The monoisotopic (exact) mass is 448 g/mol. The van der Waals surface area contributed by atoms with Gasteiger partial charge in [-0.25, -0.2) is 0 Å². The first-order valence-electron chi connectivity index (χ1n) is 11.4. The molecule has 172 valence electrons. The minimum Gasteiger partial charge on any atom is -0.493 e. The van der Waals surface area contributed by atoms with Gasteiger partial charge in [0.25, 0.3) is 0 Å². The maximum atomic E-state index is 12.7. The zero-order chi connectivity index (χ0) is 22.9. The molecule has 0 radical (unpaired) electrons. The van der Waals surface area contributed by atoms with Crippen molar-refractivity contribution in [2.75, 3.05) is 37.0 Å². The fourth-order valence-corrected chi connectivity index (χ4v) is 4.72. The Balaban J connectivity index is 1.52. The first kappa shape index (κ1) is 21.2. The fourth-order valence-electron chi connectivity index (χ4n) is 4.72. The second kappa shape index (κ2) is 8.73. The Morgan fingerprint density at radius 2 is 1.85 bits per heavy atom. The minimum atomic E-state index is -0.149. The van der Waals surface area contributed by atoms with Crippen LogP contribution in [-0.2, 0) is 4.79 Å². The summed E-state index contributed by atoms with van der Waals surface area (Å²) in [7, 11) is 1.62. The van der Waals surface area contributed by atoms with Gasteiger partial charge in [-0.2, -0.15) is 9.78 Å². The summed E-state index contributed by atoms with van der Waals surface area (Å²) in [6.07, 6.45) is 2.69. The fraction of sp³-hybridized carbons (Fsp3) is 0.417. The van der Waals surface area contributed by atoms with Crippen molar-refractivity contribution in [3.05, 3.63) is 47.2 Å². The first-order valence-corrected chi connectivity index (χ1v) is 11.4. The number of rotatable bonds is 6. The second-order valence-corrected chi connectivity index (χ2v) is 8.35. The number of fused-ring (bicyclic) bond motifs is 1. The van der Waals surface area contributed by atoms with Gasteiger partial charge in [0, 0.05) is 31.0 Å². The number of carbonyl (C=O) groups is 1. The Hall–Kier alpha value is -3.62. The van der Waals surface area contributed by atoms with Crippen molar-refractivity contribution in [3.63, 3.8) is 0 Å². The third-order valence-corrected chi connectivity index (χ3v) is 6.28. The Bertz CT molecular complexity index is 1170. The number of nitrogens with zero attached hydrogens (tertiary/aromatic N) is 5. The highest BCUT2D eigenvalue weighted by atomic mass is 16.5. The van der Waals surface area contributed by atoms with E-state index in [2.05, 4.69) is 20.4 Å². The quantitative estimate of drug-likeness (QED) is 0.617. The number of hydrogen-bond donors (Lipinski definition) is 1. The number of anilines is 2. The third kappa shape index (κ3) is 3.88. The number of amides is 1. The van der Waals surface area contributed by atoms with E-state index in [0.717, 1.165) is 35.7 Å². The zero-order valence-corrected chi connectivity index (χ0v) is 19.2. The molecule has 2 aliphatic rings. The van der Waals surface area contributed by atoms with Gasteiger partial charge in [-0.15, -0.1) is 10.2 Å². The van der Waals surface area contributed by atoms with Gasteiger partial charge >= 0.3 is 0 Å². The maximum absolute atomic E-state index is 12.7. The van der Waals surface area contributed by atoms with Crippen LogP contribution in [0.4, 0.5) is 11.6 Å². The van der Waals surface area contributed by atoms with Crippen molar-refractivity contribution in [2.24, 2.45) is 0 Å². The summed E-state index contributed by atoms with van der Waals surface area (Å²) in [5, 5.41) is 16.6. The van der Waals surface area contributed by atoms with E-state index in [4.69, 9.17) is 14.6 Å². The number of hydrogen-bond acceptors (Lipinski definition) is 7. The van der Waals surface area contributed by atoms with Crippen LogP contribution in [0.1, 0.15) is 48.9 Å². The third-order valence-electron chi connectivity index (χ3n) is 6.28. The van der Waals surface area contributed by atoms with Crippen molar-refractivity contribution in [2.45, 2.75) is 39.0 Å². The van der Waals surface area contributed by atoms with Crippen molar-refractivity contribution >= 4 is 17.5 Å². The summed E-state index contributed by atoms with van der Waals surface area (Å²) in [6.45, 7) is 6.46. The van der Waals surface area contributed by atoms with Gasteiger partial charge in [0.05, 0.1) is 19.4 Å². The average Bonchev–Trinajstić information content (AvgIpc) is 3.48. The molecule has 2 aliphatic heterocycles. The Labute approximate surface area is 192 Å². The smallest absolute Gasteiger partial charge is 0.226 e. The Kier molecular flexibility index (Phi) is 5.62. The van der Waals surface area contributed by atoms with Gasteiger partial charge in [0.2, 0.25) is 5.91 Å². The Morgan fingerprint density at radius 1 is 1.09 bits per heavy atom. The molecular weight excluding hydrogens is 420 g/mol. The maximum Gasteiger partial charge on any atom is 0.226 e. The largest absolute Gasteiger partial charge is 0.493 e. The van der Waals surface area contributed by atoms with Gasteiger partial charge < -0.3 is 19.7 Å². The average molecular weight is 449 g/mol. The summed E-state index contributed by atoms with van der Waals surface area (Å²) < 4.78 is 12.9. The highest BCUT2D eigenvalue weighted by Gasteiger charge is 2.33. The molecule has 0 bridgehead atoms. The number of aromatic nitrogens is 4. The van der Waals surface area contributed by atoms with Crippen LogP contribution in [0.15, 0.2) is 30.3 Å². The van der Waals surface area contributed by atoms with Crippen LogP contribution in [-0.4, -0.2) is 52.7 Å². The topological polar surface area (TPSA) is 94.4 Å². The summed E-state index contributed by atoms with van der Waals surface area (Å²) in [6, 6.07) is 9.70. The second-order valence-electron chi connectivity index (χ2n) is 8.35. The lowest BCUT2D eigenvalue weighted by Gasteiger charge is -2.25. The lowest BCUT2D eigenvalue weighted by molar-refractivity contribution is -0.116. The zero-order valence-electron chi connectivity index (χ0n) is 19.2. The molecule has 9 heteroatoms. The number of aryl methyl sites for hydroxylation is 1. The number of methoxy groups -OCH3 is 1. The molecule has 33 heavy (non-hydrogen) atoms. The molecule has 2 aromatic heterocycles. The molecule has 9 nitrogen and oxygen atoms in total. The van der Waals surface area contributed by atoms with Crippen molar-refractivity contribution in [1.29, 1.82) is 0 Å². The van der Waals surface area contributed by atoms with Gasteiger partial charge in [-0.3, -0.25) is 4.79 Å². The van der Waals surface area contributed by atoms with E-state index in [1.807, 2.05) is 44.2 Å². The molecule has 3 aromatic rings. The van der Waals surface area contributed by atoms with Gasteiger partial charge in [0.1, 0.15) is 5.82 Å². The summed E-state index contributed by atoms with van der Waals surface area (Å²) in [5.41, 5.74) is 2.80. The highest BCUT2D eigenvalue weighted by molar-refractivity contribution is 5.95. The van der Waals surface area contributed by atoms with Crippen LogP contribution < -0.4 is 19.7 Å². The van der Waals surface area contributed by atoms with E-state index in [1.54, 1.807) is 11.8 Å². The van der Waals surface area contributed by atoms with E-state index >= 15 is 0 Å². The molecule has 5 rings (SSSR count). The minimum absolute atomic E-state index is 0.0665. The van der Waals surface area contributed by atoms with Crippen LogP contribution in [0.3, 0.4) is 0 Å². The first-order chi connectivity index (χ1) is 16.1. The molecule has 4 heterocycles. The summed E-state index contributed by atoms with van der Waals surface area (Å²) in [4.78, 5) is 14.9. The molecular formula is C24H28N6O3. The molecule has 1 aromatic carbocycles. The van der Waals surface area contributed by atoms with Gasteiger partial charge in [0.15, 0.2) is 23.1 Å². The van der Waals surface area contributed by atoms with Gasteiger partial charge in [-0.1, -0.05) is 6.07 Å². The molecule has 0 aliphatic carbocycles. The normalized spacial score (nSPS) is 17.6. The van der Waals surface area contributed by atoms with E-state index in [0.29, 0.717) is 36.2 Å². The van der Waals surface area contributed by atoms with Gasteiger partial charge in [-0.05, 0) is 56.5 Å². The molecule has 0 spiro atoms. The highest BCUT2D eigenvalue weighted by Crippen LogP contribution is 2.42. The van der Waals surface area contributed by atoms with Crippen LogP contribution in [0.5, 0.6) is 11.5 Å². The van der Waals surface area contributed by atoms with Crippen molar-refractivity contribution in [3.8, 4) is 17.3 Å². The number of carbonyl (C=O) groups excluding carboxylic acids is 1. The number of benzene rings is 1. The molecule has 1 amide bonds. The van der Waals surface area contributed by atoms with Crippen LogP contribution in [0, 0.1) is 6.92 Å². The van der Waals surface area contributed by atoms with Crippen molar-refractivity contribution in [1.82, 2.24) is 20.0 Å². The predicted octanol–water partition coefficient (Wildman–Crippen LogP) is 3.45. The van der Waals surface area contributed by atoms with Crippen LogP contribution >= 0.6 is 0 Å². The molecule has 1 atom stereocenters. The molecule has 0 unspecified atom stereocenters. The number of ether oxygens (including phenoxy) is 2. The number of nitrogens with one attached hydrogen (secondary N) is 1. The lowest BCUT2D eigenvalue weighted by atomic mass is 9.85. The van der Waals surface area contributed by atoms with Crippen molar-refractivity contribution < 1.29 is 14.3 Å². The molecule has 1 saturated heterocycles. The summed E-state index contributed by atoms with van der Waals surface area (Å²) >= 11 is 0. The van der Waals surface area contributed by atoms with Crippen LogP contribution in [0.25, 0.3) is 5.82 Å². The SMILES string of the molecule is CCOc1ccc([C@@H]2CC(=O)Nc3c2c(C)nn3-c2ccc(N3CCCC3)nn2)cc1OC.